The first kappa shape index (κ1) is 27.4. The first-order valence-corrected chi connectivity index (χ1v) is 14.6. The number of fused-ring (bicyclic) bond motifs is 3. The summed E-state index contributed by atoms with van der Waals surface area (Å²) in [5.74, 6) is -0.502. The van der Waals surface area contributed by atoms with Crippen molar-refractivity contribution in [2.75, 3.05) is 32.7 Å². The molecule has 5 nitrogen and oxygen atoms in total. The third kappa shape index (κ3) is 5.97. The van der Waals surface area contributed by atoms with Crippen molar-refractivity contribution in [2.24, 2.45) is 0 Å². The second-order valence-electron chi connectivity index (χ2n) is 11.0. The first-order chi connectivity index (χ1) is 20.1. The number of hydrogen-bond donors (Lipinski definition) is 0. The highest BCUT2D eigenvalue weighted by atomic mass is 19.1. The smallest absolute Gasteiger partial charge is 0.275 e. The Balaban J connectivity index is 0.998. The molecule has 1 saturated heterocycles. The van der Waals surface area contributed by atoms with Gasteiger partial charge in [0, 0.05) is 38.9 Å². The van der Waals surface area contributed by atoms with Gasteiger partial charge in [-0.2, -0.15) is 0 Å². The van der Waals surface area contributed by atoms with Gasteiger partial charge in [0.1, 0.15) is 17.2 Å². The molecule has 6 rings (SSSR count). The number of unbranched alkanes of at least 4 members (excludes halogenated alkanes) is 3. The maximum Gasteiger partial charge on any atom is 0.275 e. The van der Waals surface area contributed by atoms with Crippen molar-refractivity contribution >= 4 is 16.6 Å². The molecular weight excluding hydrogens is 518 g/mol. The highest BCUT2D eigenvalue weighted by Crippen LogP contribution is 2.30. The van der Waals surface area contributed by atoms with Gasteiger partial charge in [0.25, 0.3) is 5.56 Å². The van der Waals surface area contributed by atoms with Crippen LogP contribution >= 0.6 is 0 Å². The van der Waals surface area contributed by atoms with E-state index in [2.05, 4.69) is 15.9 Å². The summed E-state index contributed by atoms with van der Waals surface area (Å²) in [6.45, 7) is 5.53. The summed E-state index contributed by atoms with van der Waals surface area (Å²) < 4.78 is 31.2. The molecule has 0 radical (unpaired) electrons. The lowest BCUT2D eigenvalue weighted by molar-refractivity contribution is 0.108. The molecule has 1 aliphatic heterocycles. The molecule has 7 heteroatoms. The third-order valence-corrected chi connectivity index (χ3v) is 8.39. The Morgan fingerprint density at radius 3 is 1.80 bits per heavy atom. The molecule has 0 aliphatic carbocycles. The van der Waals surface area contributed by atoms with Gasteiger partial charge < -0.3 is 13.9 Å². The van der Waals surface area contributed by atoms with Crippen LogP contribution in [0.2, 0.25) is 0 Å². The maximum atomic E-state index is 13.6. The largest absolute Gasteiger partial charge is 0.310 e. The second kappa shape index (κ2) is 12.4. The molecule has 0 amide bonds. The molecule has 212 valence electrons. The van der Waals surface area contributed by atoms with E-state index >= 15 is 0 Å². The van der Waals surface area contributed by atoms with E-state index in [0.29, 0.717) is 0 Å². The highest BCUT2D eigenvalue weighted by molar-refractivity contribution is 5.79. The van der Waals surface area contributed by atoms with Gasteiger partial charge in [0.2, 0.25) is 0 Å². The number of para-hydroxylation sites is 2. The Morgan fingerprint density at radius 2 is 1.17 bits per heavy atom. The number of hydrogen-bond acceptors (Lipinski definition) is 3. The fraction of sp³-hybridized carbons (Fsp3) is 0.324. The topological polar surface area (TPSA) is 32.9 Å². The third-order valence-electron chi connectivity index (χ3n) is 8.39. The van der Waals surface area contributed by atoms with Crippen LogP contribution in [-0.2, 0) is 6.54 Å². The van der Waals surface area contributed by atoms with E-state index in [9.17, 15) is 13.6 Å². The standard InChI is InChI=1S/C34H36F2N4O/c35-28-15-11-26(12-16-28)33(27-13-17-29(36)18-14-27)38-24-22-37(23-25-38)19-5-1-2-6-20-40-31-9-4-3-8-30(31)39-21-7-10-32(39)34(40)41/h3-4,7-18,21,33H,1-2,5-6,19-20,22-25H2. The van der Waals surface area contributed by atoms with Crippen molar-refractivity contribution < 1.29 is 8.78 Å². The molecule has 3 aromatic carbocycles. The zero-order chi connectivity index (χ0) is 28.2. The van der Waals surface area contributed by atoms with Crippen LogP contribution in [0.3, 0.4) is 0 Å². The van der Waals surface area contributed by atoms with Crippen molar-refractivity contribution in [3.63, 3.8) is 0 Å². The summed E-state index contributed by atoms with van der Waals surface area (Å²) in [6.07, 6.45) is 6.28. The lowest BCUT2D eigenvalue weighted by Crippen LogP contribution is -2.48. The molecule has 2 aromatic heterocycles. The molecular formula is C34H36F2N4O. The SMILES string of the molecule is O=c1c2cccn2c2ccccc2n1CCCCCCN1CCN(C(c2ccc(F)cc2)c2ccc(F)cc2)CC1. The van der Waals surface area contributed by atoms with Gasteiger partial charge >= 0.3 is 0 Å². The quantitative estimate of drug-likeness (QED) is 0.185. The molecule has 1 fully saturated rings. The summed E-state index contributed by atoms with van der Waals surface area (Å²) in [4.78, 5) is 18.0. The molecule has 0 unspecified atom stereocenters. The maximum absolute atomic E-state index is 13.6. The lowest BCUT2D eigenvalue weighted by Gasteiger charge is -2.40. The average molecular weight is 555 g/mol. The van der Waals surface area contributed by atoms with Crippen LogP contribution in [0.5, 0.6) is 0 Å². The van der Waals surface area contributed by atoms with Gasteiger partial charge in [-0.15, -0.1) is 0 Å². The molecule has 0 spiro atoms. The molecule has 5 aromatic rings. The van der Waals surface area contributed by atoms with Crippen LogP contribution < -0.4 is 5.56 Å². The van der Waals surface area contributed by atoms with Crippen LogP contribution in [0.15, 0.2) is 95.9 Å². The molecule has 0 atom stereocenters. The predicted molar refractivity (Wildman–Crippen MR) is 160 cm³/mol. The second-order valence-corrected chi connectivity index (χ2v) is 11.0. The number of nitrogens with zero attached hydrogens (tertiary/aromatic N) is 4. The molecule has 3 heterocycles. The van der Waals surface area contributed by atoms with Gasteiger partial charge in [-0.25, -0.2) is 8.78 Å². The summed E-state index contributed by atoms with van der Waals surface area (Å²) in [5, 5.41) is 0. The molecule has 0 N–H and O–H groups in total. The van der Waals surface area contributed by atoms with Crippen LogP contribution in [-0.4, -0.2) is 51.5 Å². The summed E-state index contributed by atoms with van der Waals surface area (Å²) in [7, 11) is 0. The van der Waals surface area contributed by atoms with Crippen molar-refractivity contribution in [1.29, 1.82) is 0 Å². The Bertz CT molecular complexity index is 1610. The average Bonchev–Trinajstić information content (AvgIpc) is 3.50. The van der Waals surface area contributed by atoms with Crippen molar-refractivity contribution in [3.8, 4) is 0 Å². The van der Waals surface area contributed by atoms with E-state index in [1.54, 1.807) is 0 Å². The van der Waals surface area contributed by atoms with Gasteiger partial charge in [-0.1, -0.05) is 49.2 Å². The van der Waals surface area contributed by atoms with E-state index < -0.39 is 0 Å². The Morgan fingerprint density at radius 1 is 0.610 bits per heavy atom. The lowest BCUT2D eigenvalue weighted by atomic mass is 9.96. The summed E-state index contributed by atoms with van der Waals surface area (Å²) >= 11 is 0. The van der Waals surface area contributed by atoms with Gasteiger partial charge in [-0.05, 0) is 79.0 Å². The van der Waals surface area contributed by atoms with Crippen LogP contribution in [0, 0.1) is 11.6 Å². The van der Waals surface area contributed by atoms with Crippen molar-refractivity contribution in [3.05, 3.63) is 124 Å². The number of rotatable bonds is 10. The zero-order valence-electron chi connectivity index (χ0n) is 23.3. The van der Waals surface area contributed by atoms with Crippen molar-refractivity contribution in [1.82, 2.24) is 18.8 Å². The number of aryl methyl sites for hydroxylation is 1. The monoisotopic (exact) mass is 554 g/mol. The predicted octanol–water partition coefficient (Wildman–Crippen LogP) is 6.50. The van der Waals surface area contributed by atoms with Crippen LogP contribution in [0.4, 0.5) is 8.78 Å². The highest BCUT2D eigenvalue weighted by Gasteiger charge is 2.26. The minimum absolute atomic E-state index is 0.0242. The minimum atomic E-state index is -0.251. The Hall–Kier alpha value is -3.81. The number of piperazine rings is 1. The summed E-state index contributed by atoms with van der Waals surface area (Å²) in [6, 6.07) is 25.3. The normalized spacial score (nSPS) is 14.9. The Kier molecular flexibility index (Phi) is 8.26. The van der Waals surface area contributed by atoms with Gasteiger partial charge in [0.15, 0.2) is 0 Å². The van der Waals surface area contributed by atoms with Gasteiger partial charge in [-0.3, -0.25) is 9.69 Å². The van der Waals surface area contributed by atoms with E-state index in [1.165, 1.54) is 24.3 Å². The minimum Gasteiger partial charge on any atom is -0.310 e. The van der Waals surface area contributed by atoms with E-state index in [-0.39, 0.29) is 23.2 Å². The van der Waals surface area contributed by atoms with Crippen LogP contribution in [0.1, 0.15) is 42.9 Å². The first-order valence-electron chi connectivity index (χ1n) is 14.6. The fourth-order valence-corrected chi connectivity index (χ4v) is 6.24. The van der Waals surface area contributed by atoms with E-state index in [0.717, 1.165) is 92.6 Å². The van der Waals surface area contributed by atoms with E-state index in [1.807, 2.05) is 69.8 Å². The number of halogens is 2. The van der Waals surface area contributed by atoms with Crippen LogP contribution in [0.25, 0.3) is 16.6 Å². The number of benzene rings is 3. The van der Waals surface area contributed by atoms with E-state index in [4.69, 9.17) is 0 Å². The molecule has 1 aliphatic rings. The molecule has 0 bridgehead atoms. The van der Waals surface area contributed by atoms with Gasteiger partial charge in [0.05, 0.1) is 17.1 Å². The summed E-state index contributed by atoms with van der Waals surface area (Å²) in [5.41, 5.74) is 4.89. The van der Waals surface area contributed by atoms with Crippen molar-refractivity contribution in [2.45, 2.75) is 38.3 Å². The molecule has 41 heavy (non-hydrogen) atoms. The fourth-order valence-electron chi connectivity index (χ4n) is 6.24. The number of aromatic nitrogens is 2. The zero-order valence-corrected chi connectivity index (χ0v) is 23.3. The molecule has 0 saturated carbocycles. The Labute approximate surface area is 239 Å².